The average molecular weight is 1310 g/mol. The van der Waals surface area contributed by atoms with Gasteiger partial charge in [0.15, 0.2) is 18.0 Å². The predicted octanol–water partition coefficient (Wildman–Crippen LogP) is 5.84. The van der Waals surface area contributed by atoms with Gasteiger partial charge in [-0.05, 0) is 128 Å². The molecule has 5 atom stereocenters. The lowest BCUT2D eigenvalue weighted by atomic mass is 9.90. The van der Waals surface area contributed by atoms with Crippen molar-refractivity contribution in [1.82, 2.24) is 41.3 Å². The molecule has 0 bridgehead atoms. The zero-order chi connectivity index (χ0) is 66.7. The third kappa shape index (κ3) is 19.0. The molecule has 6 aromatic rings. The number of fused-ring (bicyclic) bond motifs is 2. The summed E-state index contributed by atoms with van der Waals surface area (Å²) in [5.74, 6) is -3.30. The number of primary amides is 1. The van der Waals surface area contributed by atoms with Crippen LogP contribution in [0.3, 0.4) is 0 Å². The predicted molar refractivity (Wildman–Crippen MR) is 355 cm³/mol. The Labute approximate surface area is 548 Å². The number of hydrogen-bond donors (Lipinski definition) is 9. The number of thiophene rings is 1. The number of allylic oxidation sites excluding steroid dienone is 2. The second-order valence-corrected chi connectivity index (χ2v) is 24.5. The molecule has 1 saturated heterocycles. The van der Waals surface area contributed by atoms with Crippen LogP contribution in [-0.2, 0) is 46.4 Å². The third-order valence-corrected chi connectivity index (χ3v) is 17.3. The maximum absolute atomic E-state index is 16.2. The van der Waals surface area contributed by atoms with Crippen LogP contribution in [0.1, 0.15) is 97.3 Å². The maximum Gasteiger partial charge on any atom is 0.737 e. The van der Waals surface area contributed by atoms with E-state index in [2.05, 4.69) is 55.0 Å². The van der Waals surface area contributed by atoms with Crippen LogP contribution < -0.4 is 47.1 Å². The highest BCUT2D eigenvalue weighted by Gasteiger charge is 2.52. The lowest BCUT2D eigenvalue weighted by Gasteiger charge is -2.32. The van der Waals surface area contributed by atoms with Crippen LogP contribution in [0.5, 0.6) is 17.2 Å². The number of likely N-dealkylation sites (tertiary alicyclic amines) is 1. The van der Waals surface area contributed by atoms with Gasteiger partial charge in [0.25, 0.3) is 5.91 Å². The number of carbonyl (C=O) groups is 7. The molecule has 0 spiro atoms. The number of nitrogens with zero attached hydrogens (tertiary/aromatic N) is 3. The number of rotatable bonds is 32. The molecular weight excluding hydrogens is 1230 g/mol. The molecular formula is C69H79BF2N10O11S. The number of ether oxygens (including phenoxy) is 2. The summed E-state index contributed by atoms with van der Waals surface area (Å²) in [6, 6.07) is 33.0. The van der Waals surface area contributed by atoms with Gasteiger partial charge in [-0.15, -0.1) is 11.3 Å². The van der Waals surface area contributed by atoms with Crippen molar-refractivity contribution in [2.75, 3.05) is 39.3 Å². The molecule has 25 heteroatoms. The monoisotopic (exact) mass is 1300 g/mol. The number of aromatic nitrogens is 1. The van der Waals surface area contributed by atoms with E-state index in [1.54, 1.807) is 78.9 Å². The zero-order valence-corrected chi connectivity index (χ0v) is 53.2. The normalized spacial score (nSPS) is 15.9. The topological polar surface area (TPSA) is 288 Å². The summed E-state index contributed by atoms with van der Waals surface area (Å²) in [5, 5.41) is 38.1. The molecule has 2 aromatic heterocycles. The number of halogens is 2. The maximum atomic E-state index is 16.2. The lowest BCUT2D eigenvalue weighted by molar-refractivity contribution is -0.360. The molecule has 5 heterocycles. The Kier molecular flexibility index (Phi) is 23.9. The van der Waals surface area contributed by atoms with Crippen molar-refractivity contribution in [2.45, 2.75) is 108 Å². The van der Waals surface area contributed by atoms with Crippen molar-refractivity contribution in [3.63, 3.8) is 0 Å². The van der Waals surface area contributed by atoms with Crippen molar-refractivity contribution in [1.29, 1.82) is 0 Å². The zero-order valence-electron chi connectivity index (χ0n) is 52.4. The Morgan fingerprint density at radius 2 is 1.47 bits per heavy atom. The van der Waals surface area contributed by atoms with Crippen LogP contribution in [-0.4, -0.2) is 154 Å². The Morgan fingerprint density at radius 3 is 2.19 bits per heavy atom. The van der Waals surface area contributed by atoms with E-state index in [9.17, 15) is 43.8 Å². The van der Waals surface area contributed by atoms with E-state index in [1.807, 2.05) is 53.9 Å². The molecule has 0 saturated carbocycles. The average Bonchev–Trinajstić information content (AvgIpc) is 1.55. The molecule has 3 aliphatic rings. The van der Waals surface area contributed by atoms with E-state index in [4.69, 9.17) is 15.2 Å². The molecule has 0 radical (unpaired) electrons. The smallest absolute Gasteiger partial charge is 0.508 e. The van der Waals surface area contributed by atoms with E-state index in [0.29, 0.717) is 66.6 Å². The van der Waals surface area contributed by atoms with Gasteiger partial charge in [0.05, 0.1) is 11.0 Å². The first-order chi connectivity index (χ1) is 45.3. The number of phenolic OH excluding ortho intramolecular Hbond substituents is 1. The van der Waals surface area contributed by atoms with Gasteiger partial charge in [-0.2, -0.15) is 0 Å². The minimum Gasteiger partial charge on any atom is -0.508 e. The number of aromatic hydroxyl groups is 1. The number of phenols is 1. The number of nitrogens with one attached hydrogen (secondary N) is 6. The fourth-order valence-electron chi connectivity index (χ4n) is 11.3. The summed E-state index contributed by atoms with van der Waals surface area (Å²) < 4.78 is 46.8. The van der Waals surface area contributed by atoms with Gasteiger partial charge in [-0.3, -0.25) is 33.6 Å². The highest BCUT2D eigenvalue weighted by atomic mass is 32.1. The highest BCUT2D eigenvalue weighted by molar-refractivity contribution is 7.12. The minimum atomic E-state index is -4.19. The Hall–Kier alpha value is -9.72. The molecule has 9 rings (SSSR count). The first-order valence-corrected chi connectivity index (χ1v) is 32.4. The SMILES string of the molecule is C[C@H](NC(=O)[C@@H](NC(=O)CCN1CCC(Oc2ccccc2Cc2ccccc2)CC1)[C@@H](C)O)C(=O)N[C@@H](Cc1ccc(O)cc1)C(=O)NCCC(=O)N[C@@H](CCCCNC(=O)COc1ccc(/C=C/c2ccc3n2[B-](F)(F)[N+]2=C(c4cccs4)C=CC2=C3)cc1)C(N)=O. The summed E-state index contributed by atoms with van der Waals surface area (Å²) in [4.78, 5) is 95.0. The highest BCUT2D eigenvalue weighted by Crippen LogP contribution is 2.35. The summed E-state index contributed by atoms with van der Waals surface area (Å²) in [6.07, 6.45) is 10.2. The van der Waals surface area contributed by atoms with Crippen LogP contribution in [0.15, 0.2) is 151 Å². The second-order valence-electron chi connectivity index (χ2n) is 23.5. The minimum absolute atomic E-state index is 0.00799. The van der Waals surface area contributed by atoms with Crippen molar-refractivity contribution in [3.05, 3.63) is 189 Å². The second kappa shape index (κ2) is 32.7. The van der Waals surface area contributed by atoms with E-state index in [0.717, 1.165) is 50.0 Å². The van der Waals surface area contributed by atoms with Crippen molar-refractivity contribution in [2.24, 2.45) is 5.73 Å². The summed E-state index contributed by atoms with van der Waals surface area (Å²) in [5.41, 5.74) is 10.8. The Balaban J connectivity index is 0.659. The molecule has 21 nitrogen and oxygen atoms in total. The number of para-hydroxylation sites is 1. The molecule has 10 N–H and O–H groups in total. The lowest BCUT2D eigenvalue weighted by Crippen LogP contribution is -2.58. The van der Waals surface area contributed by atoms with E-state index in [1.165, 1.54) is 42.9 Å². The number of benzene rings is 4. The summed E-state index contributed by atoms with van der Waals surface area (Å²) in [6.45, 7) is 0.0781. The van der Waals surface area contributed by atoms with Crippen LogP contribution in [0.2, 0.25) is 0 Å². The number of piperidine rings is 1. The van der Waals surface area contributed by atoms with Crippen LogP contribution in [0.4, 0.5) is 8.63 Å². The molecule has 1 fully saturated rings. The Morgan fingerprint density at radius 1 is 0.734 bits per heavy atom. The van der Waals surface area contributed by atoms with Crippen molar-refractivity contribution in [3.8, 4) is 17.2 Å². The van der Waals surface area contributed by atoms with Crippen LogP contribution >= 0.6 is 11.3 Å². The quantitative estimate of drug-likeness (QED) is 0.0178. The van der Waals surface area contributed by atoms with E-state index < -0.39 is 78.6 Å². The van der Waals surface area contributed by atoms with Gasteiger partial charge in [-0.25, -0.2) is 0 Å². The van der Waals surface area contributed by atoms with E-state index in [-0.39, 0.29) is 57.2 Å². The van der Waals surface area contributed by atoms with Gasteiger partial charge in [0, 0.05) is 88.0 Å². The third-order valence-electron chi connectivity index (χ3n) is 16.4. The molecule has 94 heavy (non-hydrogen) atoms. The van der Waals surface area contributed by atoms with Crippen LogP contribution in [0.25, 0.3) is 18.2 Å². The first-order valence-electron chi connectivity index (χ1n) is 31.5. The number of nitrogens with two attached hydrogens (primary N) is 1. The number of hydrogen-bond acceptors (Lipinski definition) is 13. The number of aliphatic hydroxyl groups excluding tert-OH is 1. The molecule has 4 aromatic carbocycles. The number of amides is 7. The number of unbranched alkanes of at least 4 members (excludes halogenated alkanes) is 1. The van der Waals surface area contributed by atoms with E-state index >= 15 is 8.63 Å². The fourth-order valence-corrected chi connectivity index (χ4v) is 12.1. The van der Waals surface area contributed by atoms with Crippen molar-refractivity contribution < 1.29 is 66.4 Å². The first kappa shape index (κ1) is 68.6. The van der Waals surface area contributed by atoms with Crippen LogP contribution in [0, 0.1) is 0 Å². The molecule has 0 aliphatic carbocycles. The summed E-state index contributed by atoms with van der Waals surface area (Å²) >= 11 is 1.40. The standard InChI is InChI=1S/C69H79BF2N10O11S/c1-45(76-69(91)65(46(2)83)79-63(86)34-39-80-37-32-56(33-38-80)93-60-15-7-6-13-50(60)41-48-11-4-3-5-12-48)67(89)78-58(42-49-18-26-54(84)27-19-49)68(90)75-36-31-62(85)77-57(66(73)88)14-8-9-35-74-64(87)44-92-55-28-20-47(21-29-55)17-22-51-23-24-52-43-53-25-30-59(61-16-10-40-94-61)82(53)70(71,72)81(51)52/h3-7,10-13,15-30,40,43,45-46,56-58,65,83-84H,8-9,14,31-39,41-42,44H2,1-2H3,(H2,73,88)(H,74,87)(H,75,90)(H,76,91)(H,77,85)(H,78,89)(H,79,86)/b22-17+/t45-,46+,57-,58-,65-/m0/s1. The van der Waals surface area contributed by atoms with Gasteiger partial charge in [0.1, 0.15) is 47.5 Å². The Bertz CT molecular complexity index is 3760. The summed E-state index contributed by atoms with van der Waals surface area (Å²) in [7, 11) is 0. The molecule has 494 valence electrons. The molecule has 0 unspecified atom stereocenters. The van der Waals surface area contributed by atoms with Crippen molar-refractivity contribution >= 4 is 83.6 Å². The van der Waals surface area contributed by atoms with Gasteiger partial charge >= 0.3 is 6.97 Å². The molecule has 7 amide bonds. The fraction of sp³-hybridized carbons (Fsp3) is 0.333. The largest absolute Gasteiger partial charge is 0.737 e. The van der Waals surface area contributed by atoms with Gasteiger partial charge in [-0.1, -0.05) is 84.9 Å². The van der Waals surface area contributed by atoms with Gasteiger partial charge in [0.2, 0.25) is 35.4 Å². The van der Waals surface area contributed by atoms with Gasteiger partial charge < -0.3 is 79.8 Å². The molecule has 3 aliphatic heterocycles. The number of aliphatic hydroxyl groups is 1. The number of carbonyl (C=O) groups excluding carboxylic acids is 7.